The highest BCUT2D eigenvalue weighted by atomic mass is 79.9. The number of amides is 2. The van der Waals surface area contributed by atoms with E-state index in [2.05, 4.69) is 81.3 Å². The van der Waals surface area contributed by atoms with Crippen LogP contribution in [0, 0.1) is 0 Å². The van der Waals surface area contributed by atoms with Crippen molar-refractivity contribution in [2.75, 3.05) is 0 Å². The topological polar surface area (TPSA) is 42.3 Å². The van der Waals surface area contributed by atoms with Gasteiger partial charge in [-0.2, -0.15) is 0 Å². The molecule has 5 aromatic rings. The third kappa shape index (κ3) is 4.27. The van der Waals surface area contributed by atoms with Gasteiger partial charge in [0, 0.05) is 33.7 Å². The van der Waals surface area contributed by atoms with Gasteiger partial charge < -0.3 is 4.57 Å². The summed E-state index contributed by atoms with van der Waals surface area (Å²) in [5.41, 5.74) is 4.16. The molecule has 1 aliphatic rings. The average molecular weight is 553 g/mol. The Bertz CT molecular complexity index is 1660. The van der Waals surface area contributed by atoms with E-state index in [9.17, 15) is 9.59 Å². The first-order chi connectivity index (χ1) is 17.6. The highest BCUT2D eigenvalue weighted by Gasteiger charge is 2.35. The van der Waals surface area contributed by atoms with Crippen LogP contribution in [0.2, 0.25) is 0 Å². The molecule has 1 saturated heterocycles. The van der Waals surface area contributed by atoms with Crippen LogP contribution in [0.25, 0.3) is 27.8 Å². The minimum atomic E-state index is -0.251. The van der Waals surface area contributed by atoms with Crippen LogP contribution in [0.3, 0.4) is 0 Å². The zero-order chi connectivity index (χ0) is 24.6. The van der Waals surface area contributed by atoms with Gasteiger partial charge >= 0.3 is 0 Å². The van der Waals surface area contributed by atoms with E-state index in [0.29, 0.717) is 11.4 Å². The summed E-state index contributed by atoms with van der Waals surface area (Å²) in [6.45, 7) is 0.971. The Morgan fingerprint density at radius 3 is 2.33 bits per heavy atom. The second-order valence-electron chi connectivity index (χ2n) is 8.76. The van der Waals surface area contributed by atoms with Crippen molar-refractivity contribution in [1.82, 2.24) is 9.47 Å². The zero-order valence-corrected chi connectivity index (χ0v) is 21.6. The number of benzene rings is 4. The summed E-state index contributed by atoms with van der Waals surface area (Å²) in [6.07, 6.45) is 3.93. The minimum absolute atomic E-state index is 0.242. The van der Waals surface area contributed by atoms with Gasteiger partial charge in [0.2, 0.25) is 0 Å². The van der Waals surface area contributed by atoms with Crippen molar-refractivity contribution in [1.29, 1.82) is 0 Å². The van der Waals surface area contributed by atoms with Crippen LogP contribution in [0.15, 0.2) is 107 Å². The van der Waals surface area contributed by atoms with Crippen molar-refractivity contribution < 1.29 is 9.59 Å². The van der Waals surface area contributed by atoms with E-state index in [0.717, 1.165) is 38.3 Å². The van der Waals surface area contributed by atoms with Crippen molar-refractivity contribution >= 4 is 66.6 Å². The molecule has 0 aliphatic carbocycles. The van der Waals surface area contributed by atoms with E-state index in [4.69, 9.17) is 0 Å². The molecule has 0 N–H and O–H groups in total. The monoisotopic (exact) mass is 552 g/mol. The number of carbonyl (C=O) groups is 2. The lowest BCUT2D eigenvalue weighted by molar-refractivity contribution is -0.123. The maximum Gasteiger partial charge on any atom is 0.293 e. The number of halogens is 1. The van der Waals surface area contributed by atoms with E-state index < -0.39 is 0 Å². The Balaban J connectivity index is 1.34. The van der Waals surface area contributed by atoms with Crippen LogP contribution in [0.4, 0.5) is 4.79 Å². The van der Waals surface area contributed by atoms with Crippen molar-refractivity contribution in [3.63, 3.8) is 0 Å². The van der Waals surface area contributed by atoms with Crippen LogP contribution >= 0.6 is 27.7 Å². The minimum Gasteiger partial charge on any atom is -0.342 e. The maximum atomic E-state index is 13.2. The number of aromatic nitrogens is 1. The summed E-state index contributed by atoms with van der Waals surface area (Å²) >= 11 is 4.42. The fraction of sp³-hybridized carbons (Fsp3) is 0.0667. The molecule has 4 nitrogen and oxygen atoms in total. The summed E-state index contributed by atoms with van der Waals surface area (Å²) in [6, 6.07) is 30.6. The van der Waals surface area contributed by atoms with Gasteiger partial charge in [-0.1, -0.05) is 88.7 Å². The van der Waals surface area contributed by atoms with E-state index in [1.54, 1.807) is 0 Å². The summed E-state index contributed by atoms with van der Waals surface area (Å²) in [5, 5.41) is 3.26. The molecular weight excluding hydrogens is 532 g/mol. The van der Waals surface area contributed by atoms with E-state index in [1.807, 2.05) is 42.5 Å². The Morgan fingerprint density at radius 1 is 0.778 bits per heavy atom. The number of imide groups is 1. The van der Waals surface area contributed by atoms with Crippen molar-refractivity contribution in [3.8, 4) is 0 Å². The summed E-state index contributed by atoms with van der Waals surface area (Å²) in [7, 11) is 0. The second kappa shape index (κ2) is 9.45. The van der Waals surface area contributed by atoms with Gasteiger partial charge in [0.15, 0.2) is 0 Å². The molecule has 1 aliphatic heterocycles. The Hall–Kier alpha value is -3.61. The first-order valence-electron chi connectivity index (χ1n) is 11.6. The first-order valence-corrected chi connectivity index (χ1v) is 13.2. The number of fused-ring (bicyclic) bond motifs is 2. The fourth-order valence-corrected chi connectivity index (χ4v) is 5.78. The van der Waals surface area contributed by atoms with E-state index >= 15 is 0 Å². The molecule has 0 saturated carbocycles. The molecule has 36 heavy (non-hydrogen) atoms. The lowest BCUT2D eigenvalue weighted by Gasteiger charge is -2.12. The molecule has 1 fully saturated rings. The number of hydrogen-bond acceptors (Lipinski definition) is 3. The number of nitrogens with zero attached hydrogens (tertiary/aromatic N) is 2. The van der Waals surface area contributed by atoms with E-state index in [-0.39, 0.29) is 17.7 Å². The Morgan fingerprint density at radius 2 is 1.50 bits per heavy atom. The third-order valence-electron chi connectivity index (χ3n) is 6.45. The quantitative estimate of drug-likeness (QED) is 0.208. The largest absolute Gasteiger partial charge is 0.342 e. The lowest BCUT2D eigenvalue weighted by Crippen LogP contribution is -2.27. The Labute approximate surface area is 221 Å². The van der Waals surface area contributed by atoms with Crippen LogP contribution < -0.4 is 0 Å². The van der Waals surface area contributed by atoms with Gasteiger partial charge in [0.25, 0.3) is 11.1 Å². The smallest absolute Gasteiger partial charge is 0.293 e. The molecule has 0 bridgehead atoms. The standard InChI is InChI=1S/C30H21BrN2O2S/c31-24-14-12-20(13-15-24)17-33-29(34)28(36-30(33)35)16-23-19-32(27-11-4-3-10-26(23)27)18-22-8-5-7-21-6-1-2-9-25(21)22/h1-16,19H,17-18H2/b28-16-. The van der Waals surface area contributed by atoms with E-state index in [1.165, 1.54) is 21.2 Å². The number of thioether (sulfide) groups is 1. The van der Waals surface area contributed by atoms with Gasteiger partial charge in [-0.25, -0.2) is 0 Å². The van der Waals surface area contributed by atoms with Crippen molar-refractivity contribution in [3.05, 3.63) is 123 Å². The van der Waals surface area contributed by atoms with Crippen molar-refractivity contribution in [2.24, 2.45) is 0 Å². The maximum absolute atomic E-state index is 13.2. The second-order valence-corrected chi connectivity index (χ2v) is 10.7. The molecule has 6 heteroatoms. The summed E-state index contributed by atoms with van der Waals surface area (Å²) in [5.74, 6) is -0.251. The lowest BCUT2D eigenvalue weighted by atomic mass is 10.0. The third-order valence-corrected chi connectivity index (χ3v) is 7.89. The molecule has 2 amide bonds. The van der Waals surface area contributed by atoms with Crippen LogP contribution in [0.5, 0.6) is 0 Å². The summed E-state index contributed by atoms with van der Waals surface area (Å²) < 4.78 is 3.18. The fourth-order valence-electron chi connectivity index (χ4n) is 4.68. The number of carbonyl (C=O) groups excluding carboxylic acids is 2. The van der Waals surface area contributed by atoms with Gasteiger partial charge in [0.05, 0.1) is 11.4 Å². The van der Waals surface area contributed by atoms with Crippen LogP contribution in [0.1, 0.15) is 16.7 Å². The molecule has 0 spiro atoms. The molecule has 4 aromatic carbocycles. The number of hydrogen-bond donors (Lipinski definition) is 0. The summed E-state index contributed by atoms with van der Waals surface area (Å²) in [4.78, 5) is 27.6. The zero-order valence-electron chi connectivity index (χ0n) is 19.2. The van der Waals surface area contributed by atoms with Crippen LogP contribution in [-0.4, -0.2) is 20.6 Å². The molecule has 2 heterocycles. The Kier molecular flexibility index (Phi) is 5.99. The first kappa shape index (κ1) is 22.8. The van der Waals surface area contributed by atoms with Gasteiger partial charge in [-0.3, -0.25) is 14.5 Å². The molecule has 0 radical (unpaired) electrons. The predicted molar refractivity (Wildman–Crippen MR) is 151 cm³/mol. The molecular formula is C30H21BrN2O2S. The van der Waals surface area contributed by atoms with Gasteiger partial charge in [-0.15, -0.1) is 0 Å². The normalized spacial score (nSPS) is 15.0. The highest BCUT2D eigenvalue weighted by molar-refractivity contribution is 9.10. The average Bonchev–Trinajstić information content (AvgIpc) is 3.37. The van der Waals surface area contributed by atoms with Crippen molar-refractivity contribution in [2.45, 2.75) is 13.1 Å². The van der Waals surface area contributed by atoms with Crippen LogP contribution in [-0.2, 0) is 17.9 Å². The molecule has 176 valence electrons. The molecule has 1 aromatic heterocycles. The molecule has 6 rings (SSSR count). The molecule has 0 atom stereocenters. The number of para-hydroxylation sites is 1. The predicted octanol–water partition coefficient (Wildman–Crippen LogP) is 7.84. The molecule has 0 unspecified atom stereocenters. The SMILES string of the molecule is O=C1S/C(=C\c2cn(Cc3cccc4ccccc34)c3ccccc23)C(=O)N1Cc1ccc(Br)cc1. The highest BCUT2D eigenvalue weighted by Crippen LogP contribution is 2.35. The number of rotatable bonds is 5. The van der Waals surface area contributed by atoms with Gasteiger partial charge in [-0.05, 0) is 57.9 Å². The van der Waals surface area contributed by atoms with Gasteiger partial charge in [0.1, 0.15) is 0 Å².